The quantitative estimate of drug-likeness (QED) is 0.359. The lowest BCUT2D eigenvalue weighted by atomic mass is 10.0. The van der Waals surface area contributed by atoms with E-state index >= 15 is 0 Å². The SMILES string of the molecule is CC(C)(C)N(Cc1ccc(C(=O)NCc2ccc(OCC(=O)N3CC(=O)[C@H](O[Si](C)(C)C(C)(C)C)C3)cc2)cc1)C(=O)O. The van der Waals surface area contributed by atoms with Gasteiger partial charge in [-0.15, -0.1) is 0 Å². The van der Waals surface area contributed by atoms with Crippen molar-refractivity contribution in [2.75, 3.05) is 19.7 Å². The maximum atomic E-state index is 12.7. The monoisotopic (exact) mass is 611 g/mol. The third kappa shape index (κ3) is 9.14. The Morgan fingerprint density at radius 1 is 0.977 bits per heavy atom. The lowest BCUT2D eigenvalue weighted by Crippen LogP contribution is -2.46. The van der Waals surface area contributed by atoms with Gasteiger partial charge in [0.25, 0.3) is 11.8 Å². The zero-order valence-electron chi connectivity index (χ0n) is 26.5. The fraction of sp³-hybridized carbons (Fsp3) is 0.500. The summed E-state index contributed by atoms with van der Waals surface area (Å²) in [4.78, 5) is 52.3. The van der Waals surface area contributed by atoms with Gasteiger partial charge in [-0.2, -0.15) is 0 Å². The van der Waals surface area contributed by atoms with E-state index in [0.717, 1.165) is 11.1 Å². The maximum Gasteiger partial charge on any atom is 0.408 e. The minimum Gasteiger partial charge on any atom is -0.484 e. The number of rotatable bonds is 10. The van der Waals surface area contributed by atoms with E-state index in [4.69, 9.17) is 9.16 Å². The van der Waals surface area contributed by atoms with Crippen molar-refractivity contribution in [2.24, 2.45) is 0 Å². The predicted octanol–water partition coefficient (Wildman–Crippen LogP) is 5.08. The fourth-order valence-corrected chi connectivity index (χ4v) is 5.51. The Morgan fingerprint density at radius 3 is 2.09 bits per heavy atom. The molecule has 1 aliphatic rings. The Balaban J connectivity index is 1.46. The number of hydrogen-bond acceptors (Lipinski definition) is 6. The molecule has 3 amide bonds. The Labute approximate surface area is 255 Å². The molecule has 10 nitrogen and oxygen atoms in total. The number of likely N-dealkylation sites (tertiary alicyclic amines) is 1. The molecular formula is C32H45N3O7Si. The zero-order chi connectivity index (χ0) is 32.2. The van der Waals surface area contributed by atoms with E-state index in [0.29, 0.717) is 17.9 Å². The number of benzene rings is 2. The normalized spacial score (nSPS) is 15.8. The Kier molecular flexibility index (Phi) is 10.5. The minimum atomic E-state index is -2.14. The lowest BCUT2D eigenvalue weighted by molar-refractivity contribution is -0.133. The smallest absolute Gasteiger partial charge is 0.408 e. The van der Waals surface area contributed by atoms with E-state index in [2.05, 4.69) is 39.2 Å². The molecule has 0 spiro atoms. The number of carbonyl (C=O) groups excluding carboxylic acids is 3. The molecule has 2 aromatic carbocycles. The van der Waals surface area contributed by atoms with E-state index in [9.17, 15) is 24.3 Å². The highest BCUT2D eigenvalue weighted by Crippen LogP contribution is 2.38. The molecule has 1 atom stereocenters. The van der Waals surface area contributed by atoms with E-state index in [1.807, 2.05) is 20.8 Å². The number of carbonyl (C=O) groups is 4. The third-order valence-electron chi connectivity index (χ3n) is 8.02. The summed E-state index contributed by atoms with van der Waals surface area (Å²) in [5, 5.41) is 12.3. The van der Waals surface area contributed by atoms with E-state index in [1.54, 1.807) is 48.5 Å². The summed E-state index contributed by atoms with van der Waals surface area (Å²) in [7, 11) is -2.14. The average Bonchev–Trinajstić information content (AvgIpc) is 3.27. The molecule has 0 bridgehead atoms. The topological polar surface area (TPSA) is 125 Å². The molecule has 0 unspecified atom stereocenters. The minimum absolute atomic E-state index is 0.0283. The second kappa shape index (κ2) is 13.3. The van der Waals surface area contributed by atoms with Crippen LogP contribution >= 0.6 is 0 Å². The Hall–Kier alpha value is -3.70. The van der Waals surface area contributed by atoms with E-state index in [-0.39, 0.29) is 48.9 Å². The summed E-state index contributed by atoms with van der Waals surface area (Å²) in [6, 6.07) is 13.9. The van der Waals surface area contributed by atoms with Gasteiger partial charge in [0.05, 0.1) is 13.1 Å². The molecule has 1 heterocycles. The van der Waals surface area contributed by atoms with Gasteiger partial charge in [0.15, 0.2) is 20.7 Å². The van der Waals surface area contributed by atoms with Crippen LogP contribution in [0.1, 0.15) is 63.0 Å². The first-order valence-electron chi connectivity index (χ1n) is 14.4. The van der Waals surface area contributed by atoms with Gasteiger partial charge in [0, 0.05) is 24.2 Å². The second-order valence-electron chi connectivity index (χ2n) is 13.5. The van der Waals surface area contributed by atoms with Crippen LogP contribution in [0.4, 0.5) is 4.79 Å². The van der Waals surface area contributed by atoms with Gasteiger partial charge in [0.2, 0.25) is 0 Å². The van der Waals surface area contributed by atoms with Gasteiger partial charge >= 0.3 is 6.09 Å². The number of ketones is 1. The number of hydrogen-bond donors (Lipinski definition) is 2. The highest BCUT2D eigenvalue weighted by molar-refractivity contribution is 6.74. The highest BCUT2D eigenvalue weighted by atomic mass is 28.4. The molecule has 0 saturated carbocycles. The summed E-state index contributed by atoms with van der Waals surface area (Å²) >= 11 is 0. The molecule has 3 rings (SSSR count). The van der Waals surface area contributed by atoms with Gasteiger partial charge in [-0.25, -0.2) is 4.79 Å². The molecular weight excluding hydrogens is 566 g/mol. The van der Waals surface area contributed by atoms with E-state index < -0.39 is 26.1 Å². The summed E-state index contributed by atoms with van der Waals surface area (Å²) in [5.74, 6) is -0.0966. The molecule has 1 saturated heterocycles. The van der Waals surface area contributed by atoms with Gasteiger partial charge in [0.1, 0.15) is 11.9 Å². The van der Waals surface area contributed by atoms with Crippen LogP contribution in [0.2, 0.25) is 18.1 Å². The average molecular weight is 612 g/mol. The first-order valence-corrected chi connectivity index (χ1v) is 17.4. The van der Waals surface area contributed by atoms with Gasteiger partial charge < -0.3 is 24.5 Å². The second-order valence-corrected chi connectivity index (χ2v) is 18.2. The number of nitrogens with one attached hydrogen (secondary N) is 1. The summed E-state index contributed by atoms with van der Waals surface area (Å²) in [6.07, 6.45) is -1.59. The molecule has 1 fully saturated rings. The Morgan fingerprint density at radius 2 is 1.56 bits per heavy atom. The van der Waals surface area contributed by atoms with Crippen LogP contribution < -0.4 is 10.1 Å². The van der Waals surface area contributed by atoms with Crippen LogP contribution in [0, 0.1) is 0 Å². The van der Waals surface area contributed by atoms with Gasteiger partial charge in [-0.3, -0.25) is 19.3 Å². The van der Waals surface area contributed by atoms with Crippen molar-refractivity contribution in [1.82, 2.24) is 15.1 Å². The number of carboxylic acid groups (broad SMARTS) is 1. The standard InChI is InChI=1S/C32H45N3O7Si/c1-31(2,3)35(30(39)40)18-23-9-13-24(14-10-23)29(38)33-17-22-11-15-25(16-12-22)41-21-28(37)34-19-26(36)27(20-34)42-43(7,8)32(4,5)6/h9-16,27H,17-21H2,1-8H3,(H,33,38)(H,39,40)/t27-/m1/s1. The zero-order valence-corrected chi connectivity index (χ0v) is 27.5. The van der Waals surface area contributed by atoms with Crippen molar-refractivity contribution in [1.29, 1.82) is 0 Å². The molecule has 1 aliphatic heterocycles. The first-order chi connectivity index (χ1) is 19.9. The lowest BCUT2D eigenvalue weighted by Gasteiger charge is -2.37. The maximum absolute atomic E-state index is 12.7. The van der Waals surface area contributed by atoms with Crippen LogP contribution in [0.3, 0.4) is 0 Å². The van der Waals surface area contributed by atoms with E-state index in [1.165, 1.54) is 9.80 Å². The summed E-state index contributed by atoms with van der Waals surface area (Å²) < 4.78 is 11.9. The predicted molar refractivity (Wildman–Crippen MR) is 167 cm³/mol. The first kappa shape index (κ1) is 33.8. The molecule has 2 aromatic rings. The van der Waals surface area contributed by atoms with Crippen molar-refractivity contribution >= 4 is 32.0 Å². The number of amides is 3. The van der Waals surface area contributed by atoms with Crippen LogP contribution in [-0.2, 0) is 27.1 Å². The van der Waals surface area contributed by atoms with Gasteiger partial charge in [-0.05, 0) is 74.3 Å². The van der Waals surface area contributed by atoms with Crippen molar-refractivity contribution in [3.63, 3.8) is 0 Å². The number of Topliss-reactive ketones (excluding diaryl/α,β-unsaturated/α-hetero) is 1. The van der Waals surface area contributed by atoms with Crippen LogP contribution in [0.15, 0.2) is 48.5 Å². The van der Waals surface area contributed by atoms with Crippen LogP contribution in [0.25, 0.3) is 0 Å². The number of nitrogens with zero attached hydrogens (tertiary/aromatic N) is 2. The van der Waals surface area contributed by atoms with Crippen molar-refractivity contribution in [3.8, 4) is 5.75 Å². The fourth-order valence-electron chi connectivity index (χ4n) is 4.24. The molecule has 11 heteroatoms. The third-order valence-corrected chi connectivity index (χ3v) is 12.5. The Bertz CT molecular complexity index is 1310. The summed E-state index contributed by atoms with van der Waals surface area (Å²) in [6.45, 7) is 16.6. The molecule has 234 valence electrons. The molecule has 0 radical (unpaired) electrons. The van der Waals surface area contributed by atoms with Crippen molar-refractivity contribution < 1.29 is 33.4 Å². The highest BCUT2D eigenvalue weighted by Gasteiger charge is 2.44. The molecule has 2 N–H and O–H groups in total. The largest absolute Gasteiger partial charge is 0.484 e. The van der Waals surface area contributed by atoms with Crippen molar-refractivity contribution in [2.45, 2.75) is 84.4 Å². The molecule has 0 aromatic heterocycles. The molecule has 0 aliphatic carbocycles. The number of ether oxygens (including phenoxy) is 1. The van der Waals surface area contributed by atoms with Crippen molar-refractivity contribution in [3.05, 3.63) is 65.2 Å². The molecule has 43 heavy (non-hydrogen) atoms. The van der Waals surface area contributed by atoms with Crippen LogP contribution in [-0.4, -0.2) is 78.3 Å². The van der Waals surface area contributed by atoms with Gasteiger partial charge in [-0.1, -0.05) is 45.0 Å². The van der Waals surface area contributed by atoms with Crippen LogP contribution in [0.5, 0.6) is 5.75 Å². The summed E-state index contributed by atoms with van der Waals surface area (Å²) in [5.41, 5.74) is 1.56.